The van der Waals surface area contributed by atoms with Gasteiger partial charge in [0.2, 0.25) is 0 Å². The number of nitrogens with zero attached hydrogens (tertiary/aromatic N) is 1. The highest BCUT2D eigenvalue weighted by Gasteiger charge is 2.00. The Morgan fingerprint density at radius 2 is 1.80 bits per heavy atom. The molecule has 0 spiro atoms. The Kier molecular flexibility index (Phi) is 2.88. The van der Waals surface area contributed by atoms with Gasteiger partial charge in [-0.15, -0.1) is 0 Å². The highest BCUT2D eigenvalue weighted by molar-refractivity contribution is 5.85. The SMILES string of the molecule is COCN(C)c1ccc2ccccc2c1. The fourth-order valence-corrected chi connectivity index (χ4v) is 1.68. The summed E-state index contributed by atoms with van der Waals surface area (Å²) in [6.07, 6.45) is 0. The standard InChI is InChI=1S/C13H15NO/c1-14(10-15-2)13-8-7-11-5-3-4-6-12(11)9-13/h3-9H,10H2,1-2H3. The Hall–Kier alpha value is -1.54. The zero-order valence-corrected chi connectivity index (χ0v) is 9.10. The van der Waals surface area contributed by atoms with E-state index in [1.54, 1.807) is 7.11 Å². The monoisotopic (exact) mass is 201 g/mol. The van der Waals surface area contributed by atoms with Gasteiger partial charge < -0.3 is 9.64 Å². The number of hydrogen-bond donors (Lipinski definition) is 0. The van der Waals surface area contributed by atoms with Crippen molar-refractivity contribution < 1.29 is 4.74 Å². The van der Waals surface area contributed by atoms with Crippen LogP contribution < -0.4 is 4.90 Å². The number of anilines is 1. The molecule has 2 rings (SSSR count). The third-order valence-corrected chi connectivity index (χ3v) is 2.50. The van der Waals surface area contributed by atoms with Crippen molar-refractivity contribution in [2.24, 2.45) is 0 Å². The number of ether oxygens (including phenoxy) is 1. The van der Waals surface area contributed by atoms with E-state index in [9.17, 15) is 0 Å². The quantitative estimate of drug-likeness (QED) is 0.708. The molecule has 0 N–H and O–H groups in total. The molecule has 15 heavy (non-hydrogen) atoms. The fraction of sp³-hybridized carbons (Fsp3) is 0.231. The molecule has 0 fully saturated rings. The molecular weight excluding hydrogens is 186 g/mol. The lowest BCUT2D eigenvalue weighted by Crippen LogP contribution is -2.19. The van der Waals surface area contributed by atoms with Crippen molar-refractivity contribution in [1.82, 2.24) is 0 Å². The van der Waals surface area contributed by atoms with E-state index in [0.717, 1.165) is 0 Å². The van der Waals surface area contributed by atoms with Gasteiger partial charge in [-0.25, -0.2) is 0 Å². The van der Waals surface area contributed by atoms with Crippen molar-refractivity contribution in [2.45, 2.75) is 0 Å². The first-order valence-corrected chi connectivity index (χ1v) is 5.00. The van der Waals surface area contributed by atoms with Crippen LogP contribution in [0.5, 0.6) is 0 Å². The van der Waals surface area contributed by atoms with Crippen molar-refractivity contribution in [2.75, 3.05) is 25.8 Å². The van der Waals surface area contributed by atoms with Crippen LogP contribution in [0.3, 0.4) is 0 Å². The van der Waals surface area contributed by atoms with Crippen molar-refractivity contribution in [1.29, 1.82) is 0 Å². The van der Waals surface area contributed by atoms with Crippen molar-refractivity contribution in [3.05, 3.63) is 42.5 Å². The molecule has 2 nitrogen and oxygen atoms in total. The molecule has 0 unspecified atom stereocenters. The zero-order valence-electron chi connectivity index (χ0n) is 9.10. The van der Waals surface area contributed by atoms with E-state index < -0.39 is 0 Å². The summed E-state index contributed by atoms with van der Waals surface area (Å²) < 4.78 is 5.10. The first-order valence-electron chi connectivity index (χ1n) is 5.00. The molecule has 2 heteroatoms. The summed E-state index contributed by atoms with van der Waals surface area (Å²) in [6.45, 7) is 0.609. The largest absolute Gasteiger partial charge is 0.364 e. The molecule has 0 aromatic heterocycles. The highest BCUT2D eigenvalue weighted by Crippen LogP contribution is 2.20. The predicted molar refractivity (Wildman–Crippen MR) is 64.2 cm³/mol. The molecule has 2 aromatic rings. The molecule has 78 valence electrons. The van der Waals surface area contributed by atoms with Crippen LogP contribution in [-0.2, 0) is 4.74 Å². The molecule has 0 radical (unpaired) electrons. The second-order valence-electron chi connectivity index (χ2n) is 3.65. The fourth-order valence-electron chi connectivity index (χ4n) is 1.68. The van der Waals surface area contributed by atoms with Gasteiger partial charge in [0.1, 0.15) is 6.73 Å². The van der Waals surface area contributed by atoms with Gasteiger partial charge in [-0.3, -0.25) is 0 Å². The van der Waals surface area contributed by atoms with Crippen LogP contribution in [-0.4, -0.2) is 20.9 Å². The lowest BCUT2D eigenvalue weighted by Gasteiger charge is -2.18. The van der Waals surface area contributed by atoms with Gasteiger partial charge in [-0.1, -0.05) is 30.3 Å². The maximum Gasteiger partial charge on any atom is 0.118 e. The number of rotatable bonds is 3. The maximum absolute atomic E-state index is 5.10. The Balaban J connectivity index is 2.38. The lowest BCUT2D eigenvalue weighted by molar-refractivity contribution is 0.202. The molecule has 0 saturated carbocycles. The summed E-state index contributed by atoms with van der Waals surface area (Å²) in [5, 5.41) is 2.53. The van der Waals surface area contributed by atoms with E-state index in [1.807, 2.05) is 7.05 Å². The van der Waals surface area contributed by atoms with Gasteiger partial charge in [0.15, 0.2) is 0 Å². The molecule has 0 saturated heterocycles. The Labute approximate surface area is 90.1 Å². The summed E-state index contributed by atoms with van der Waals surface area (Å²) in [5.41, 5.74) is 1.18. The summed E-state index contributed by atoms with van der Waals surface area (Å²) in [7, 11) is 3.73. The van der Waals surface area contributed by atoms with Gasteiger partial charge in [0.05, 0.1) is 0 Å². The van der Waals surface area contributed by atoms with Crippen LogP contribution in [0.2, 0.25) is 0 Å². The first kappa shape index (κ1) is 9.99. The van der Waals surface area contributed by atoms with Crippen molar-refractivity contribution in [3.63, 3.8) is 0 Å². The average Bonchev–Trinajstić information content (AvgIpc) is 2.29. The van der Waals surface area contributed by atoms with Crippen LogP contribution in [0.25, 0.3) is 10.8 Å². The minimum absolute atomic E-state index is 0.609. The van der Waals surface area contributed by atoms with Crippen molar-refractivity contribution >= 4 is 16.5 Å². The second kappa shape index (κ2) is 4.32. The van der Waals surface area contributed by atoms with Gasteiger partial charge in [-0.05, 0) is 22.9 Å². The topological polar surface area (TPSA) is 12.5 Å². The molecule has 0 bridgehead atoms. The van der Waals surface area contributed by atoms with E-state index in [1.165, 1.54) is 16.5 Å². The average molecular weight is 201 g/mol. The van der Waals surface area contributed by atoms with Gasteiger partial charge in [0.25, 0.3) is 0 Å². The van der Waals surface area contributed by atoms with Crippen molar-refractivity contribution in [3.8, 4) is 0 Å². The van der Waals surface area contributed by atoms with Crippen LogP contribution in [0.1, 0.15) is 0 Å². The minimum Gasteiger partial charge on any atom is -0.364 e. The number of hydrogen-bond acceptors (Lipinski definition) is 2. The molecule has 0 amide bonds. The molecular formula is C13H15NO. The summed E-state index contributed by atoms with van der Waals surface area (Å²) in [4.78, 5) is 2.08. The Morgan fingerprint density at radius 3 is 2.53 bits per heavy atom. The highest BCUT2D eigenvalue weighted by atomic mass is 16.5. The summed E-state index contributed by atoms with van der Waals surface area (Å²) in [5.74, 6) is 0. The van der Waals surface area contributed by atoms with E-state index in [0.29, 0.717) is 6.73 Å². The van der Waals surface area contributed by atoms with E-state index in [-0.39, 0.29) is 0 Å². The van der Waals surface area contributed by atoms with E-state index in [2.05, 4.69) is 47.4 Å². The number of methoxy groups -OCH3 is 1. The third kappa shape index (κ3) is 2.10. The number of fused-ring (bicyclic) bond motifs is 1. The van der Waals surface area contributed by atoms with Crippen LogP contribution in [0, 0.1) is 0 Å². The Bertz CT molecular complexity index is 453. The second-order valence-corrected chi connectivity index (χ2v) is 3.65. The summed E-state index contributed by atoms with van der Waals surface area (Å²) >= 11 is 0. The van der Waals surface area contributed by atoms with Gasteiger partial charge >= 0.3 is 0 Å². The molecule has 2 aromatic carbocycles. The summed E-state index contributed by atoms with van der Waals surface area (Å²) in [6, 6.07) is 14.8. The van der Waals surface area contributed by atoms with Crippen LogP contribution in [0.4, 0.5) is 5.69 Å². The zero-order chi connectivity index (χ0) is 10.7. The van der Waals surface area contributed by atoms with Crippen LogP contribution in [0.15, 0.2) is 42.5 Å². The molecule has 0 heterocycles. The molecule has 0 aliphatic rings. The predicted octanol–water partition coefficient (Wildman–Crippen LogP) is 2.88. The molecule has 0 atom stereocenters. The van der Waals surface area contributed by atoms with E-state index >= 15 is 0 Å². The van der Waals surface area contributed by atoms with Gasteiger partial charge in [0, 0.05) is 19.8 Å². The van der Waals surface area contributed by atoms with E-state index in [4.69, 9.17) is 4.74 Å². The van der Waals surface area contributed by atoms with Gasteiger partial charge in [-0.2, -0.15) is 0 Å². The normalized spacial score (nSPS) is 10.5. The maximum atomic E-state index is 5.10. The smallest absolute Gasteiger partial charge is 0.118 e. The van der Waals surface area contributed by atoms with Crippen LogP contribution >= 0.6 is 0 Å². The minimum atomic E-state index is 0.609. The third-order valence-electron chi connectivity index (χ3n) is 2.50. The Morgan fingerprint density at radius 1 is 1.07 bits per heavy atom. The lowest BCUT2D eigenvalue weighted by atomic mass is 10.1. The number of benzene rings is 2. The molecule has 0 aliphatic carbocycles. The first-order chi connectivity index (χ1) is 7.31. The molecule has 0 aliphatic heterocycles.